The summed E-state index contributed by atoms with van der Waals surface area (Å²) in [4.78, 5) is 0. The van der Waals surface area contributed by atoms with Crippen LogP contribution in [0.3, 0.4) is 0 Å². The molecule has 16 heavy (non-hydrogen) atoms. The summed E-state index contributed by atoms with van der Waals surface area (Å²) in [5, 5.41) is 7.40. The Bertz CT molecular complexity index is 422. The van der Waals surface area contributed by atoms with Crippen LogP contribution in [0.2, 0.25) is 0 Å². The van der Waals surface area contributed by atoms with Crippen molar-refractivity contribution in [3.05, 3.63) is 65.7 Å². The van der Waals surface area contributed by atoms with E-state index in [1.807, 2.05) is 42.1 Å². The first kappa shape index (κ1) is 11.1. The van der Waals surface area contributed by atoms with Crippen molar-refractivity contribution in [2.24, 2.45) is 0 Å². The Hall–Kier alpha value is -1.41. The molecule has 2 heteroatoms. The summed E-state index contributed by atoms with van der Waals surface area (Å²) in [7, 11) is 0. The minimum Gasteiger partial charge on any atom is -0.593 e. The molecule has 0 saturated carbocycles. The van der Waals surface area contributed by atoms with E-state index in [-0.39, 0.29) is 0 Å². The Morgan fingerprint density at radius 1 is 0.750 bits per heavy atom. The predicted octanol–water partition coefficient (Wildman–Crippen LogP) is 3.56. The van der Waals surface area contributed by atoms with Crippen LogP contribution in [-0.2, 0) is 11.5 Å². The molecular weight excluding hydrogens is 216 g/mol. The van der Waals surface area contributed by atoms with Gasteiger partial charge in [-0.2, -0.15) is 11.8 Å². The molecule has 0 aliphatic heterocycles. The largest absolute Gasteiger partial charge is 0.593 e. The highest BCUT2D eigenvalue weighted by atomic mass is 32.2. The van der Waals surface area contributed by atoms with Gasteiger partial charge >= 0.3 is 0 Å². The molecule has 2 rings (SSSR count). The smallest absolute Gasteiger partial charge is 0.253 e. The number of benzene rings is 2. The van der Waals surface area contributed by atoms with Gasteiger partial charge in [0.2, 0.25) is 0 Å². The Balaban J connectivity index is 1.82. The van der Waals surface area contributed by atoms with E-state index in [0.717, 1.165) is 11.5 Å². The van der Waals surface area contributed by atoms with Crippen molar-refractivity contribution in [2.75, 3.05) is 0 Å². The van der Waals surface area contributed by atoms with E-state index in [4.69, 9.17) is 5.11 Å². The van der Waals surface area contributed by atoms with Gasteiger partial charge in [0.25, 0.3) is 5.75 Å². The molecule has 0 aliphatic carbocycles. The Morgan fingerprint density at radius 2 is 1.31 bits per heavy atom. The summed E-state index contributed by atoms with van der Waals surface area (Å²) < 4.78 is 0. The van der Waals surface area contributed by atoms with Crippen LogP contribution < -0.4 is 0 Å². The van der Waals surface area contributed by atoms with Crippen molar-refractivity contribution in [1.29, 1.82) is 0 Å². The van der Waals surface area contributed by atoms with Crippen LogP contribution in [0.1, 0.15) is 11.1 Å². The highest BCUT2D eigenvalue weighted by Gasteiger charge is 1.97. The maximum absolute atomic E-state index is 7.40. The summed E-state index contributed by atoms with van der Waals surface area (Å²) >= 11 is 1.90. The SMILES string of the molecule is [OH2+]c1ccc(CSCc2ccccc2)cc1. The zero-order valence-electron chi connectivity index (χ0n) is 9.02. The van der Waals surface area contributed by atoms with Gasteiger partial charge in [-0.15, -0.1) is 0 Å². The minimum atomic E-state index is 0.580. The molecule has 0 spiro atoms. The van der Waals surface area contributed by atoms with Gasteiger partial charge < -0.3 is 5.11 Å². The summed E-state index contributed by atoms with van der Waals surface area (Å²) in [6, 6.07) is 18.2. The summed E-state index contributed by atoms with van der Waals surface area (Å²) in [5.74, 6) is 2.63. The third kappa shape index (κ3) is 3.31. The van der Waals surface area contributed by atoms with Gasteiger partial charge in [0, 0.05) is 23.6 Å². The molecule has 0 amide bonds. The predicted molar refractivity (Wildman–Crippen MR) is 70.9 cm³/mol. The van der Waals surface area contributed by atoms with E-state index >= 15 is 0 Å². The van der Waals surface area contributed by atoms with Crippen LogP contribution in [0.5, 0.6) is 5.75 Å². The summed E-state index contributed by atoms with van der Waals surface area (Å²) in [6.07, 6.45) is 0. The first-order valence-electron chi connectivity index (χ1n) is 5.27. The molecule has 2 N–H and O–H groups in total. The van der Waals surface area contributed by atoms with E-state index in [0.29, 0.717) is 5.75 Å². The lowest BCUT2D eigenvalue weighted by atomic mass is 10.2. The summed E-state index contributed by atoms with van der Waals surface area (Å²) in [6.45, 7) is 0. The average molecular weight is 231 g/mol. The van der Waals surface area contributed by atoms with Crippen molar-refractivity contribution in [1.82, 2.24) is 0 Å². The molecule has 0 bridgehead atoms. The fourth-order valence-electron chi connectivity index (χ4n) is 1.46. The topological polar surface area (TPSA) is 22.9 Å². The normalized spacial score (nSPS) is 10.2. The highest BCUT2D eigenvalue weighted by molar-refractivity contribution is 7.97. The Kier molecular flexibility index (Phi) is 3.89. The van der Waals surface area contributed by atoms with Crippen LogP contribution >= 0.6 is 11.8 Å². The lowest BCUT2D eigenvalue weighted by molar-refractivity contribution is 0.475. The number of hydrogen-bond donors (Lipinski definition) is 0. The van der Waals surface area contributed by atoms with E-state index in [1.165, 1.54) is 11.1 Å². The lowest BCUT2D eigenvalue weighted by Crippen LogP contribution is -1.82. The molecule has 0 saturated heterocycles. The van der Waals surface area contributed by atoms with E-state index < -0.39 is 0 Å². The summed E-state index contributed by atoms with van der Waals surface area (Å²) in [5.41, 5.74) is 2.65. The molecule has 0 aromatic heterocycles. The Morgan fingerprint density at radius 3 is 1.94 bits per heavy atom. The molecule has 0 heterocycles. The van der Waals surface area contributed by atoms with Crippen LogP contribution in [0.4, 0.5) is 0 Å². The number of thioether (sulfide) groups is 1. The second-order valence-corrected chi connectivity index (χ2v) is 4.66. The standard InChI is InChI=1S/C14H14OS/c15-14-8-6-13(7-9-14)11-16-10-12-4-2-1-3-5-12/h1-9,15H,10-11H2/p+1. The van der Waals surface area contributed by atoms with Gasteiger partial charge in [0.1, 0.15) is 0 Å². The monoisotopic (exact) mass is 231 g/mol. The van der Waals surface area contributed by atoms with Crippen LogP contribution in [0.15, 0.2) is 54.6 Å². The molecule has 0 unspecified atom stereocenters. The lowest BCUT2D eigenvalue weighted by Gasteiger charge is -2.01. The van der Waals surface area contributed by atoms with Crippen molar-refractivity contribution in [3.8, 4) is 5.75 Å². The molecule has 2 aromatic carbocycles. The molecule has 0 aliphatic rings. The molecule has 0 fully saturated rings. The first-order chi connectivity index (χ1) is 7.84. The van der Waals surface area contributed by atoms with Gasteiger partial charge in [-0.1, -0.05) is 30.3 Å². The van der Waals surface area contributed by atoms with Gasteiger partial charge in [0.05, 0.1) is 0 Å². The third-order valence-electron chi connectivity index (χ3n) is 2.33. The number of rotatable bonds is 4. The highest BCUT2D eigenvalue weighted by Crippen LogP contribution is 2.19. The first-order valence-corrected chi connectivity index (χ1v) is 6.42. The second-order valence-electron chi connectivity index (χ2n) is 3.68. The molecule has 0 atom stereocenters. The Labute approximate surface area is 100 Å². The van der Waals surface area contributed by atoms with E-state index in [9.17, 15) is 0 Å². The van der Waals surface area contributed by atoms with Gasteiger partial charge in [-0.25, -0.2) is 0 Å². The van der Waals surface area contributed by atoms with Crippen molar-refractivity contribution in [3.63, 3.8) is 0 Å². The van der Waals surface area contributed by atoms with Crippen LogP contribution in [0, 0.1) is 0 Å². The molecule has 1 nitrogen and oxygen atoms in total. The zero-order valence-corrected chi connectivity index (χ0v) is 9.84. The second kappa shape index (κ2) is 5.61. The van der Waals surface area contributed by atoms with E-state index in [1.54, 1.807) is 0 Å². The minimum absolute atomic E-state index is 0.580. The van der Waals surface area contributed by atoms with Gasteiger partial charge in [-0.05, 0) is 23.3 Å². The fraction of sp³-hybridized carbons (Fsp3) is 0.143. The molecule has 0 radical (unpaired) electrons. The van der Waals surface area contributed by atoms with Gasteiger partial charge in [0.15, 0.2) is 0 Å². The molecular formula is C14H15OS+. The maximum Gasteiger partial charge on any atom is 0.253 e. The fourth-order valence-corrected chi connectivity index (χ4v) is 2.42. The van der Waals surface area contributed by atoms with Crippen molar-refractivity contribution < 1.29 is 5.11 Å². The third-order valence-corrected chi connectivity index (χ3v) is 3.41. The maximum atomic E-state index is 7.40. The quantitative estimate of drug-likeness (QED) is 0.738. The molecule has 82 valence electrons. The van der Waals surface area contributed by atoms with Gasteiger partial charge in [-0.3, -0.25) is 0 Å². The van der Waals surface area contributed by atoms with Crippen LogP contribution in [-0.4, -0.2) is 5.11 Å². The molecule has 2 aromatic rings. The average Bonchev–Trinajstić information content (AvgIpc) is 2.33. The number of hydrogen-bond acceptors (Lipinski definition) is 1. The van der Waals surface area contributed by atoms with Crippen molar-refractivity contribution in [2.45, 2.75) is 11.5 Å². The van der Waals surface area contributed by atoms with Crippen molar-refractivity contribution >= 4 is 11.8 Å². The zero-order chi connectivity index (χ0) is 11.2. The van der Waals surface area contributed by atoms with Crippen LogP contribution in [0.25, 0.3) is 0 Å². The van der Waals surface area contributed by atoms with E-state index in [2.05, 4.69) is 24.3 Å².